The number of imidazole rings is 1. The molecule has 0 radical (unpaired) electrons. The molecule has 1 aromatic carbocycles. The Hall–Kier alpha value is -1.86. The Balaban J connectivity index is 2.28. The first kappa shape index (κ1) is 11.6. The number of hydrogen-bond acceptors (Lipinski definition) is 2. The molecule has 0 amide bonds. The SMILES string of the molecule is N#Cc1cc(Cn2ccnc2CCl)ccc1F. The van der Waals surface area contributed by atoms with E-state index in [1.54, 1.807) is 18.5 Å². The maximum absolute atomic E-state index is 13.1. The Morgan fingerprint density at radius 3 is 3.00 bits per heavy atom. The summed E-state index contributed by atoms with van der Waals surface area (Å²) in [7, 11) is 0. The van der Waals surface area contributed by atoms with E-state index in [0.29, 0.717) is 12.4 Å². The molecule has 0 saturated heterocycles. The summed E-state index contributed by atoms with van der Waals surface area (Å²) in [5.74, 6) is 0.563. The molecule has 1 heterocycles. The molecule has 0 aliphatic carbocycles. The van der Waals surface area contributed by atoms with Crippen LogP contribution in [0.4, 0.5) is 4.39 Å². The smallest absolute Gasteiger partial charge is 0.140 e. The van der Waals surface area contributed by atoms with Crippen LogP contribution in [0, 0.1) is 17.1 Å². The number of halogens is 2. The molecule has 86 valence electrons. The first-order valence-corrected chi connectivity index (χ1v) is 5.52. The standard InChI is InChI=1S/C12H9ClFN3/c13-6-12-16-3-4-17(12)8-9-1-2-11(14)10(5-9)7-15/h1-5H,6,8H2. The summed E-state index contributed by atoms with van der Waals surface area (Å²) in [6.45, 7) is 0.525. The van der Waals surface area contributed by atoms with Gasteiger partial charge in [-0.3, -0.25) is 0 Å². The minimum absolute atomic E-state index is 0.0510. The molecule has 5 heteroatoms. The van der Waals surface area contributed by atoms with Gasteiger partial charge in [-0.25, -0.2) is 9.37 Å². The van der Waals surface area contributed by atoms with Crippen molar-refractivity contribution in [3.8, 4) is 6.07 Å². The van der Waals surface area contributed by atoms with Crippen LogP contribution in [0.25, 0.3) is 0 Å². The second-order valence-corrected chi connectivity index (χ2v) is 3.80. The van der Waals surface area contributed by atoms with Gasteiger partial charge >= 0.3 is 0 Å². The summed E-state index contributed by atoms with van der Waals surface area (Å²) in [5, 5.41) is 8.74. The molecule has 0 aliphatic rings. The molecular formula is C12H9ClFN3. The van der Waals surface area contributed by atoms with E-state index in [-0.39, 0.29) is 5.56 Å². The van der Waals surface area contributed by atoms with Crippen LogP contribution in [0.15, 0.2) is 30.6 Å². The normalized spacial score (nSPS) is 10.2. The molecule has 0 unspecified atom stereocenters. The zero-order chi connectivity index (χ0) is 12.3. The Morgan fingerprint density at radius 2 is 2.29 bits per heavy atom. The van der Waals surface area contributed by atoms with Gasteiger partial charge in [-0.15, -0.1) is 11.6 Å². The van der Waals surface area contributed by atoms with Crippen molar-refractivity contribution in [1.29, 1.82) is 5.26 Å². The summed E-state index contributed by atoms with van der Waals surface area (Å²) < 4.78 is 15.0. The number of benzene rings is 1. The fourth-order valence-electron chi connectivity index (χ4n) is 1.57. The van der Waals surface area contributed by atoms with Gasteiger partial charge in [-0.2, -0.15) is 5.26 Å². The van der Waals surface area contributed by atoms with Crippen LogP contribution in [0.3, 0.4) is 0 Å². The summed E-state index contributed by atoms with van der Waals surface area (Å²) in [6.07, 6.45) is 3.46. The topological polar surface area (TPSA) is 41.6 Å². The molecule has 3 nitrogen and oxygen atoms in total. The van der Waals surface area contributed by atoms with Crippen molar-refractivity contribution in [3.63, 3.8) is 0 Å². The van der Waals surface area contributed by atoms with Crippen LogP contribution in [0.1, 0.15) is 17.0 Å². The lowest BCUT2D eigenvalue weighted by molar-refractivity contribution is 0.622. The van der Waals surface area contributed by atoms with Crippen molar-refractivity contribution in [1.82, 2.24) is 9.55 Å². The highest BCUT2D eigenvalue weighted by atomic mass is 35.5. The fourth-order valence-corrected chi connectivity index (χ4v) is 1.79. The van der Waals surface area contributed by atoms with E-state index in [9.17, 15) is 4.39 Å². The lowest BCUT2D eigenvalue weighted by Crippen LogP contribution is -2.03. The van der Waals surface area contributed by atoms with Crippen LogP contribution in [-0.4, -0.2) is 9.55 Å². The maximum Gasteiger partial charge on any atom is 0.140 e. The lowest BCUT2D eigenvalue weighted by Gasteiger charge is -2.06. The highest BCUT2D eigenvalue weighted by Crippen LogP contribution is 2.12. The average Bonchev–Trinajstić information content (AvgIpc) is 2.79. The minimum atomic E-state index is -0.501. The Morgan fingerprint density at radius 1 is 1.47 bits per heavy atom. The van der Waals surface area contributed by atoms with E-state index in [4.69, 9.17) is 16.9 Å². The van der Waals surface area contributed by atoms with E-state index in [1.165, 1.54) is 12.1 Å². The average molecular weight is 250 g/mol. The number of nitrogens with zero attached hydrogens (tertiary/aromatic N) is 3. The molecule has 17 heavy (non-hydrogen) atoms. The number of nitriles is 1. The van der Waals surface area contributed by atoms with Crippen molar-refractivity contribution < 1.29 is 4.39 Å². The molecule has 2 aromatic rings. The monoisotopic (exact) mass is 249 g/mol. The molecule has 2 rings (SSSR count). The minimum Gasteiger partial charge on any atom is -0.330 e. The predicted octanol–water partition coefficient (Wildman–Crippen LogP) is 2.68. The fraction of sp³-hybridized carbons (Fsp3) is 0.167. The molecule has 0 aliphatic heterocycles. The van der Waals surface area contributed by atoms with E-state index >= 15 is 0 Å². The molecule has 0 fully saturated rings. The highest BCUT2D eigenvalue weighted by Gasteiger charge is 2.05. The zero-order valence-corrected chi connectivity index (χ0v) is 9.65. The number of alkyl halides is 1. The van der Waals surface area contributed by atoms with Crippen molar-refractivity contribution in [2.24, 2.45) is 0 Å². The molecule has 0 bridgehead atoms. The number of aromatic nitrogens is 2. The van der Waals surface area contributed by atoms with Gasteiger partial charge in [0, 0.05) is 18.9 Å². The van der Waals surface area contributed by atoms with Gasteiger partial charge < -0.3 is 4.57 Å². The first-order chi connectivity index (χ1) is 8.24. The molecule has 0 atom stereocenters. The molecule has 1 aromatic heterocycles. The Labute approximate surface area is 103 Å². The molecule has 0 spiro atoms. The maximum atomic E-state index is 13.1. The van der Waals surface area contributed by atoms with Gasteiger partial charge in [0.1, 0.15) is 17.7 Å². The summed E-state index contributed by atoms with van der Waals surface area (Å²) in [4.78, 5) is 4.08. The van der Waals surface area contributed by atoms with Crippen LogP contribution in [0.5, 0.6) is 0 Å². The van der Waals surface area contributed by atoms with Gasteiger partial charge in [0.2, 0.25) is 0 Å². The van der Waals surface area contributed by atoms with Crippen molar-refractivity contribution in [2.75, 3.05) is 0 Å². The van der Waals surface area contributed by atoms with Crippen molar-refractivity contribution >= 4 is 11.6 Å². The van der Waals surface area contributed by atoms with Crippen molar-refractivity contribution in [2.45, 2.75) is 12.4 Å². The highest BCUT2D eigenvalue weighted by molar-refractivity contribution is 6.16. The number of hydrogen-bond donors (Lipinski definition) is 0. The van der Waals surface area contributed by atoms with Gasteiger partial charge in [-0.1, -0.05) is 6.07 Å². The Bertz CT molecular complexity index is 571. The van der Waals surface area contributed by atoms with Crippen LogP contribution in [-0.2, 0) is 12.4 Å². The quantitative estimate of drug-likeness (QED) is 0.785. The Kier molecular flexibility index (Phi) is 3.40. The third-order valence-corrected chi connectivity index (χ3v) is 2.66. The largest absolute Gasteiger partial charge is 0.330 e. The second-order valence-electron chi connectivity index (χ2n) is 3.53. The molecule has 0 saturated carbocycles. The molecular weight excluding hydrogens is 241 g/mol. The van der Waals surface area contributed by atoms with Gasteiger partial charge in [0.15, 0.2) is 0 Å². The van der Waals surface area contributed by atoms with Crippen molar-refractivity contribution in [3.05, 3.63) is 53.4 Å². The van der Waals surface area contributed by atoms with Gasteiger partial charge in [0.25, 0.3) is 0 Å². The van der Waals surface area contributed by atoms with E-state index < -0.39 is 5.82 Å². The zero-order valence-electron chi connectivity index (χ0n) is 8.90. The van der Waals surface area contributed by atoms with E-state index in [1.807, 2.05) is 10.6 Å². The summed E-state index contributed by atoms with van der Waals surface area (Å²) in [5.41, 5.74) is 0.891. The van der Waals surface area contributed by atoms with Gasteiger partial charge in [-0.05, 0) is 17.7 Å². The van der Waals surface area contributed by atoms with Gasteiger partial charge in [0.05, 0.1) is 11.4 Å². The predicted molar refractivity (Wildman–Crippen MR) is 62.0 cm³/mol. The summed E-state index contributed by atoms with van der Waals surface area (Å²) >= 11 is 5.73. The lowest BCUT2D eigenvalue weighted by atomic mass is 10.1. The third kappa shape index (κ3) is 2.45. The van der Waals surface area contributed by atoms with E-state index in [0.717, 1.165) is 11.4 Å². The van der Waals surface area contributed by atoms with Crippen LogP contribution < -0.4 is 0 Å². The van der Waals surface area contributed by atoms with E-state index in [2.05, 4.69) is 4.98 Å². The third-order valence-electron chi connectivity index (χ3n) is 2.43. The number of rotatable bonds is 3. The van der Waals surface area contributed by atoms with Crippen LogP contribution in [0.2, 0.25) is 0 Å². The summed E-state index contributed by atoms with van der Waals surface area (Å²) in [6, 6.07) is 6.30. The second kappa shape index (κ2) is 4.98. The van der Waals surface area contributed by atoms with Crippen LogP contribution >= 0.6 is 11.6 Å². The molecule has 0 N–H and O–H groups in total. The first-order valence-electron chi connectivity index (χ1n) is 4.99.